The maximum atomic E-state index is 12.3. The van der Waals surface area contributed by atoms with Crippen molar-refractivity contribution in [2.24, 2.45) is 0 Å². The van der Waals surface area contributed by atoms with Gasteiger partial charge in [-0.2, -0.15) is 0 Å². The van der Waals surface area contributed by atoms with Gasteiger partial charge in [-0.1, -0.05) is 0 Å². The van der Waals surface area contributed by atoms with Gasteiger partial charge >= 0.3 is 0 Å². The van der Waals surface area contributed by atoms with E-state index in [4.69, 9.17) is 20.4 Å². The highest BCUT2D eigenvalue weighted by Gasteiger charge is 2.32. The number of carbonyl (C=O) groups is 2. The smallest absolute Gasteiger partial charge is 0.243 e. The number of unbranched alkanes of at least 4 members (excludes halogenated alkanes) is 2. The van der Waals surface area contributed by atoms with E-state index in [0.717, 1.165) is 38.8 Å². The normalized spacial score (nSPS) is 19.4. The van der Waals surface area contributed by atoms with Gasteiger partial charge in [0.25, 0.3) is 0 Å². The highest BCUT2D eigenvalue weighted by molar-refractivity contribution is 5.96. The Morgan fingerprint density at radius 2 is 0.900 bits per heavy atom. The van der Waals surface area contributed by atoms with Gasteiger partial charge < -0.3 is 31.1 Å². The summed E-state index contributed by atoms with van der Waals surface area (Å²) in [7, 11) is 0. The minimum Gasteiger partial charge on any atom is -0.395 e. The summed E-state index contributed by atoms with van der Waals surface area (Å²) >= 11 is 0. The Morgan fingerprint density at radius 1 is 0.567 bits per heavy atom. The Kier molecular flexibility index (Phi) is 14.6. The molecule has 6 N–H and O–H groups in total. The minimum absolute atomic E-state index is 0.0450. The molecule has 0 aromatic heterocycles. The fourth-order valence-electron chi connectivity index (χ4n) is 3.69. The third kappa shape index (κ3) is 10.6. The number of aliphatic hydroxyl groups excluding tert-OH is 4. The number of rotatable bonds is 18. The molecule has 2 atom stereocenters. The van der Waals surface area contributed by atoms with Crippen molar-refractivity contribution in [1.29, 1.82) is 0 Å². The van der Waals surface area contributed by atoms with Gasteiger partial charge in [-0.25, -0.2) is 0 Å². The minimum atomic E-state index is -0.512. The van der Waals surface area contributed by atoms with Crippen molar-refractivity contribution in [2.75, 3.05) is 65.7 Å². The molecule has 1 fully saturated rings. The first-order valence-corrected chi connectivity index (χ1v) is 11.0. The lowest BCUT2D eigenvalue weighted by Gasteiger charge is -2.30. The standard InChI is InChI=1S/C20H40N4O6/c25-13-9-23(10-14-26)7-3-1-5-17-19(29)22-18(20(30)21-17)6-2-4-8-24(11-15-27)12-16-28/h17-18,25-28H,1-16H2,(H,21,30)(H,22,29). The molecule has 30 heavy (non-hydrogen) atoms. The second kappa shape index (κ2) is 16.4. The van der Waals surface area contributed by atoms with Crippen molar-refractivity contribution < 1.29 is 30.0 Å². The molecule has 1 heterocycles. The van der Waals surface area contributed by atoms with Gasteiger partial charge in [0, 0.05) is 26.2 Å². The maximum Gasteiger partial charge on any atom is 0.243 e. The zero-order valence-electron chi connectivity index (χ0n) is 18.0. The summed E-state index contributed by atoms with van der Waals surface area (Å²) in [5, 5.41) is 41.7. The molecule has 1 aliphatic rings. The van der Waals surface area contributed by atoms with Crippen LogP contribution in [0.1, 0.15) is 38.5 Å². The monoisotopic (exact) mass is 432 g/mol. The van der Waals surface area contributed by atoms with Crippen LogP contribution in [-0.4, -0.2) is 120 Å². The summed E-state index contributed by atoms with van der Waals surface area (Å²) in [6, 6.07) is -1.02. The predicted molar refractivity (Wildman–Crippen MR) is 113 cm³/mol. The summed E-state index contributed by atoms with van der Waals surface area (Å²) in [4.78, 5) is 28.6. The SMILES string of the molecule is O=C1NC(CCCCN(CCO)CCO)C(=O)NC1CCCCN(CCO)CCO. The molecule has 0 saturated carbocycles. The number of aliphatic hydroxyl groups is 4. The molecular weight excluding hydrogens is 392 g/mol. The van der Waals surface area contributed by atoms with Crippen LogP contribution in [0.15, 0.2) is 0 Å². The molecule has 176 valence electrons. The van der Waals surface area contributed by atoms with Crippen LogP contribution in [0, 0.1) is 0 Å². The van der Waals surface area contributed by atoms with Crippen LogP contribution in [0.25, 0.3) is 0 Å². The number of piperazine rings is 1. The van der Waals surface area contributed by atoms with Crippen LogP contribution in [0.4, 0.5) is 0 Å². The molecule has 10 nitrogen and oxygen atoms in total. The van der Waals surface area contributed by atoms with E-state index in [1.54, 1.807) is 0 Å². The summed E-state index contributed by atoms with van der Waals surface area (Å²) in [5.41, 5.74) is 0. The molecular formula is C20H40N4O6. The van der Waals surface area contributed by atoms with Crippen molar-refractivity contribution >= 4 is 11.8 Å². The second-order valence-electron chi connectivity index (χ2n) is 7.69. The van der Waals surface area contributed by atoms with E-state index in [-0.39, 0.29) is 38.2 Å². The van der Waals surface area contributed by atoms with Crippen molar-refractivity contribution in [3.63, 3.8) is 0 Å². The fraction of sp³-hybridized carbons (Fsp3) is 0.900. The molecule has 1 aliphatic heterocycles. The highest BCUT2D eigenvalue weighted by atomic mass is 16.3. The number of hydrogen-bond acceptors (Lipinski definition) is 8. The molecule has 10 heteroatoms. The van der Waals surface area contributed by atoms with E-state index in [0.29, 0.717) is 39.0 Å². The van der Waals surface area contributed by atoms with E-state index >= 15 is 0 Å². The van der Waals surface area contributed by atoms with Gasteiger partial charge in [0.2, 0.25) is 11.8 Å². The molecule has 0 aromatic rings. The molecule has 1 saturated heterocycles. The van der Waals surface area contributed by atoms with Crippen molar-refractivity contribution in [1.82, 2.24) is 20.4 Å². The summed E-state index contributed by atoms with van der Waals surface area (Å²) < 4.78 is 0. The van der Waals surface area contributed by atoms with E-state index in [1.165, 1.54) is 0 Å². The molecule has 0 spiro atoms. The Morgan fingerprint density at radius 3 is 1.20 bits per heavy atom. The van der Waals surface area contributed by atoms with Crippen LogP contribution in [0.5, 0.6) is 0 Å². The van der Waals surface area contributed by atoms with E-state index < -0.39 is 12.1 Å². The molecule has 2 amide bonds. The van der Waals surface area contributed by atoms with E-state index in [9.17, 15) is 9.59 Å². The number of carbonyl (C=O) groups excluding carboxylic acids is 2. The Bertz CT molecular complexity index is 428. The lowest BCUT2D eigenvalue weighted by molar-refractivity contribution is -0.137. The Labute approximate surface area is 179 Å². The molecule has 0 aromatic carbocycles. The third-order valence-electron chi connectivity index (χ3n) is 5.37. The van der Waals surface area contributed by atoms with E-state index in [2.05, 4.69) is 10.6 Å². The third-order valence-corrected chi connectivity index (χ3v) is 5.37. The second-order valence-corrected chi connectivity index (χ2v) is 7.69. The Hall–Kier alpha value is -1.30. The number of amides is 2. The predicted octanol–water partition coefficient (Wildman–Crippen LogP) is -2.12. The van der Waals surface area contributed by atoms with Gasteiger partial charge in [-0.05, 0) is 51.6 Å². The quantitative estimate of drug-likeness (QED) is 0.135. The average Bonchev–Trinajstić information content (AvgIpc) is 2.71. The fourth-order valence-corrected chi connectivity index (χ4v) is 3.69. The van der Waals surface area contributed by atoms with Gasteiger partial charge in [-0.3, -0.25) is 19.4 Å². The molecule has 1 rings (SSSR count). The number of hydrogen-bond donors (Lipinski definition) is 6. The molecule has 0 aliphatic carbocycles. The van der Waals surface area contributed by atoms with Crippen molar-refractivity contribution in [2.45, 2.75) is 50.6 Å². The molecule has 2 unspecified atom stereocenters. The van der Waals surface area contributed by atoms with Crippen LogP contribution in [0.3, 0.4) is 0 Å². The zero-order chi connectivity index (χ0) is 22.2. The summed E-state index contributed by atoms with van der Waals surface area (Å²) in [5.74, 6) is -0.297. The van der Waals surface area contributed by atoms with Gasteiger partial charge in [0.15, 0.2) is 0 Å². The topological polar surface area (TPSA) is 146 Å². The lowest BCUT2D eigenvalue weighted by atomic mass is 10.0. The van der Waals surface area contributed by atoms with Crippen LogP contribution in [-0.2, 0) is 9.59 Å². The highest BCUT2D eigenvalue weighted by Crippen LogP contribution is 2.11. The molecule has 0 radical (unpaired) electrons. The largest absolute Gasteiger partial charge is 0.395 e. The first kappa shape index (κ1) is 26.7. The number of nitrogens with one attached hydrogen (secondary N) is 2. The first-order valence-electron chi connectivity index (χ1n) is 11.0. The zero-order valence-corrected chi connectivity index (χ0v) is 18.0. The lowest BCUT2D eigenvalue weighted by Crippen LogP contribution is -2.61. The first-order chi connectivity index (χ1) is 14.5. The summed E-state index contributed by atoms with van der Waals surface area (Å²) in [6.07, 6.45) is 4.30. The van der Waals surface area contributed by atoms with E-state index in [1.807, 2.05) is 9.80 Å². The van der Waals surface area contributed by atoms with Gasteiger partial charge in [-0.15, -0.1) is 0 Å². The maximum absolute atomic E-state index is 12.3. The van der Waals surface area contributed by atoms with Crippen molar-refractivity contribution in [3.8, 4) is 0 Å². The van der Waals surface area contributed by atoms with Crippen LogP contribution < -0.4 is 10.6 Å². The molecule has 0 bridgehead atoms. The average molecular weight is 433 g/mol. The number of nitrogens with zero attached hydrogens (tertiary/aromatic N) is 2. The summed E-state index contributed by atoms with van der Waals surface area (Å²) in [6.45, 7) is 3.70. The van der Waals surface area contributed by atoms with Crippen LogP contribution in [0.2, 0.25) is 0 Å². The Balaban J connectivity index is 2.26. The van der Waals surface area contributed by atoms with Crippen molar-refractivity contribution in [3.05, 3.63) is 0 Å². The van der Waals surface area contributed by atoms with Crippen LogP contribution >= 0.6 is 0 Å². The van der Waals surface area contributed by atoms with Gasteiger partial charge in [0.05, 0.1) is 26.4 Å². The van der Waals surface area contributed by atoms with Gasteiger partial charge in [0.1, 0.15) is 12.1 Å².